The van der Waals surface area contributed by atoms with Gasteiger partial charge in [-0.15, -0.1) is 0 Å². The van der Waals surface area contributed by atoms with Crippen molar-refractivity contribution in [2.75, 3.05) is 7.11 Å². The monoisotopic (exact) mass is 450 g/mol. The number of benzene rings is 1. The van der Waals surface area contributed by atoms with Crippen LogP contribution in [0.2, 0.25) is 0 Å². The first-order valence-corrected chi connectivity index (χ1v) is 11.2. The standard InChI is InChI=1S/C28H26N4O2/c1-33-28-17-21(8-12-27(28)34-19-25-4-2-3-14-29-25)6-10-24-18-23(31-32-24)9-5-20-7-11-26-22(16-20)13-15-30-26/h2-7,9-18,21,30H,8,19H2,1H3,(H,31,32)/b9-5+,10-6+. The van der Waals surface area contributed by atoms with Crippen molar-refractivity contribution in [2.45, 2.75) is 13.0 Å². The third-order valence-electron chi connectivity index (χ3n) is 5.67. The van der Waals surface area contributed by atoms with Gasteiger partial charge in [0.2, 0.25) is 0 Å². The van der Waals surface area contributed by atoms with Crippen LogP contribution in [0.25, 0.3) is 29.1 Å². The molecule has 170 valence electrons. The number of pyridine rings is 1. The van der Waals surface area contributed by atoms with Gasteiger partial charge in [-0.2, -0.15) is 5.10 Å². The average molecular weight is 451 g/mol. The Morgan fingerprint density at radius 1 is 1.06 bits per heavy atom. The topological polar surface area (TPSA) is 75.8 Å². The van der Waals surface area contributed by atoms with Gasteiger partial charge in [-0.1, -0.05) is 24.3 Å². The molecular weight excluding hydrogens is 424 g/mol. The van der Waals surface area contributed by atoms with Crippen LogP contribution < -0.4 is 0 Å². The maximum absolute atomic E-state index is 5.92. The molecule has 6 heteroatoms. The molecule has 2 N–H and O–H groups in total. The quantitative estimate of drug-likeness (QED) is 0.339. The molecule has 5 rings (SSSR count). The Morgan fingerprint density at radius 2 is 2.03 bits per heavy atom. The molecule has 3 heterocycles. The molecule has 6 nitrogen and oxygen atoms in total. The number of H-pyrrole nitrogens is 2. The van der Waals surface area contributed by atoms with Crippen LogP contribution in [0.15, 0.2) is 90.7 Å². The summed E-state index contributed by atoms with van der Waals surface area (Å²) in [5.41, 5.74) is 5.01. The van der Waals surface area contributed by atoms with Crippen molar-refractivity contribution in [1.82, 2.24) is 20.2 Å². The van der Waals surface area contributed by atoms with E-state index in [2.05, 4.69) is 68.7 Å². The highest BCUT2D eigenvalue weighted by Crippen LogP contribution is 2.26. The summed E-state index contributed by atoms with van der Waals surface area (Å²) in [5, 5.41) is 8.69. The molecule has 0 radical (unpaired) electrons. The molecule has 0 spiro atoms. The Kier molecular flexibility index (Phi) is 6.38. The normalized spacial score (nSPS) is 16.2. The molecule has 1 aliphatic rings. The molecule has 0 saturated carbocycles. The number of fused-ring (bicyclic) bond motifs is 1. The second-order valence-corrected chi connectivity index (χ2v) is 8.08. The Bertz CT molecular complexity index is 1380. The maximum Gasteiger partial charge on any atom is 0.157 e. The Balaban J connectivity index is 1.19. The van der Waals surface area contributed by atoms with Gasteiger partial charge in [0.25, 0.3) is 0 Å². The molecule has 1 aromatic carbocycles. The number of ether oxygens (including phenoxy) is 2. The first kappa shape index (κ1) is 21.5. The summed E-state index contributed by atoms with van der Waals surface area (Å²) in [4.78, 5) is 7.51. The molecule has 1 aliphatic carbocycles. The summed E-state index contributed by atoms with van der Waals surface area (Å²) in [6, 6.07) is 16.2. The molecule has 0 aliphatic heterocycles. The molecule has 3 aromatic heterocycles. The van der Waals surface area contributed by atoms with Crippen molar-refractivity contribution in [1.29, 1.82) is 0 Å². The second kappa shape index (κ2) is 10.1. The highest BCUT2D eigenvalue weighted by Gasteiger charge is 2.16. The molecular formula is C28H26N4O2. The Labute approximate surface area is 198 Å². The van der Waals surface area contributed by atoms with E-state index in [0.29, 0.717) is 6.61 Å². The third-order valence-corrected chi connectivity index (χ3v) is 5.67. The Morgan fingerprint density at radius 3 is 2.91 bits per heavy atom. The van der Waals surface area contributed by atoms with E-state index in [1.165, 1.54) is 5.39 Å². The van der Waals surface area contributed by atoms with E-state index >= 15 is 0 Å². The minimum atomic E-state index is 0.209. The van der Waals surface area contributed by atoms with Crippen LogP contribution in [0.1, 0.15) is 29.1 Å². The Hall–Kier alpha value is -4.32. The summed E-state index contributed by atoms with van der Waals surface area (Å²) < 4.78 is 11.5. The number of hydrogen-bond donors (Lipinski definition) is 2. The molecule has 0 saturated heterocycles. The molecule has 0 bridgehead atoms. The molecule has 0 amide bonds. The van der Waals surface area contributed by atoms with Gasteiger partial charge in [0, 0.05) is 23.8 Å². The smallest absolute Gasteiger partial charge is 0.157 e. The summed E-state index contributed by atoms with van der Waals surface area (Å²) >= 11 is 0. The van der Waals surface area contributed by atoms with Crippen LogP contribution in [0.4, 0.5) is 0 Å². The van der Waals surface area contributed by atoms with E-state index < -0.39 is 0 Å². The third kappa shape index (κ3) is 5.18. The number of hydrogen-bond acceptors (Lipinski definition) is 4. The van der Waals surface area contributed by atoms with Crippen LogP contribution in [0, 0.1) is 5.92 Å². The minimum Gasteiger partial charge on any atom is -0.493 e. The highest BCUT2D eigenvalue weighted by atomic mass is 16.5. The zero-order chi connectivity index (χ0) is 23.2. The lowest BCUT2D eigenvalue weighted by Crippen LogP contribution is -2.07. The van der Waals surface area contributed by atoms with Crippen LogP contribution in [-0.4, -0.2) is 27.3 Å². The van der Waals surface area contributed by atoms with E-state index in [1.807, 2.05) is 42.6 Å². The number of rotatable bonds is 8. The van der Waals surface area contributed by atoms with E-state index in [-0.39, 0.29) is 5.92 Å². The van der Waals surface area contributed by atoms with Gasteiger partial charge < -0.3 is 14.5 Å². The second-order valence-electron chi connectivity index (χ2n) is 8.08. The number of aromatic nitrogens is 4. The fraction of sp³-hybridized carbons (Fsp3) is 0.143. The van der Waals surface area contributed by atoms with Gasteiger partial charge in [0.1, 0.15) is 6.61 Å². The largest absolute Gasteiger partial charge is 0.493 e. The highest BCUT2D eigenvalue weighted by molar-refractivity contribution is 5.83. The molecule has 34 heavy (non-hydrogen) atoms. The van der Waals surface area contributed by atoms with Crippen molar-refractivity contribution in [2.24, 2.45) is 5.92 Å². The van der Waals surface area contributed by atoms with Gasteiger partial charge in [0.15, 0.2) is 11.5 Å². The first-order chi connectivity index (χ1) is 16.8. The van der Waals surface area contributed by atoms with Gasteiger partial charge in [-0.05, 0) is 78.1 Å². The number of aromatic amines is 2. The number of nitrogens with zero attached hydrogens (tertiary/aromatic N) is 2. The SMILES string of the molecule is COC1=CC(/C=C/c2cc(/C=C/c3ccc4[nH]ccc4c3)[nH]n2)CC=C1OCc1ccccn1. The van der Waals surface area contributed by atoms with Crippen molar-refractivity contribution in [3.63, 3.8) is 0 Å². The molecule has 1 unspecified atom stereocenters. The van der Waals surface area contributed by atoms with Gasteiger partial charge in [0.05, 0.1) is 24.2 Å². The first-order valence-electron chi connectivity index (χ1n) is 11.2. The van der Waals surface area contributed by atoms with Crippen molar-refractivity contribution < 1.29 is 9.47 Å². The number of allylic oxidation sites excluding steroid dienone is 3. The average Bonchev–Trinajstić information content (AvgIpc) is 3.55. The zero-order valence-electron chi connectivity index (χ0n) is 18.9. The molecule has 0 fully saturated rings. The van der Waals surface area contributed by atoms with Crippen molar-refractivity contribution in [3.8, 4) is 0 Å². The summed E-state index contributed by atoms with van der Waals surface area (Å²) in [6.45, 7) is 0.413. The fourth-order valence-corrected chi connectivity index (χ4v) is 3.86. The van der Waals surface area contributed by atoms with Crippen molar-refractivity contribution >= 4 is 29.1 Å². The van der Waals surface area contributed by atoms with Crippen LogP contribution in [-0.2, 0) is 16.1 Å². The number of methoxy groups -OCH3 is 1. The maximum atomic E-state index is 5.92. The van der Waals surface area contributed by atoms with E-state index in [4.69, 9.17) is 9.47 Å². The van der Waals surface area contributed by atoms with Gasteiger partial charge >= 0.3 is 0 Å². The van der Waals surface area contributed by atoms with Crippen molar-refractivity contribution in [3.05, 3.63) is 113 Å². The van der Waals surface area contributed by atoms with Gasteiger partial charge in [-0.25, -0.2) is 0 Å². The van der Waals surface area contributed by atoms with E-state index in [1.54, 1.807) is 13.3 Å². The summed E-state index contributed by atoms with van der Waals surface area (Å²) in [6.07, 6.45) is 17.0. The van der Waals surface area contributed by atoms with E-state index in [9.17, 15) is 0 Å². The fourth-order valence-electron chi connectivity index (χ4n) is 3.86. The summed E-state index contributed by atoms with van der Waals surface area (Å²) in [7, 11) is 1.66. The van der Waals surface area contributed by atoms with Crippen LogP contribution in [0.5, 0.6) is 0 Å². The lowest BCUT2D eigenvalue weighted by molar-refractivity contribution is 0.159. The number of nitrogens with one attached hydrogen (secondary N) is 2. The predicted octanol–water partition coefficient (Wildman–Crippen LogP) is 6.12. The van der Waals surface area contributed by atoms with E-state index in [0.717, 1.165) is 46.1 Å². The predicted molar refractivity (Wildman–Crippen MR) is 135 cm³/mol. The lowest BCUT2D eigenvalue weighted by atomic mass is 9.98. The zero-order valence-corrected chi connectivity index (χ0v) is 18.9. The summed E-state index contributed by atoms with van der Waals surface area (Å²) in [5.74, 6) is 1.70. The van der Waals surface area contributed by atoms with Crippen LogP contribution >= 0.6 is 0 Å². The minimum absolute atomic E-state index is 0.209. The van der Waals surface area contributed by atoms with Gasteiger partial charge in [-0.3, -0.25) is 10.1 Å². The van der Waals surface area contributed by atoms with Crippen LogP contribution in [0.3, 0.4) is 0 Å². The molecule has 4 aromatic rings. The lowest BCUT2D eigenvalue weighted by Gasteiger charge is -2.19. The molecule has 1 atom stereocenters.